The maximum absolute atomic E-state index is 9.78. The molecule has 0 amide bonds. The molecule has 1 aliphatic heterocycles. The zero-order valence-electron chi connectivity index (χ0n) is 17.0. The molecule has 1 saturated heterocycles. The van der Waals surface area contributed by atoms with Crippen LogP contribution in [0.5, 0.6) is 5.88 Å². The molecule has 32 heavy (non-hydrogen) atoms. The van der Waals surface area contributed by atoms with Crippen LogP contribution in [-0.4, -0.2) is 55.3 Å². The zero-order chi connectivity index (χ0) is 22.1. The Morgan fingerprint density at radius 1 is 1.06 bits per heavy atom. The van der Waals surface area contributed by atoms with Crippen molar-refractivity contribution in [1.29, 1.82) is 0 Å². The number of fused-ring (bicyclic) bond motifs is 1. The van der Waals surface area contributed by atoms with Crippen molar-refractivity contribution < 1.29 is 19.7 Å². The minimum Gasteiger partial charge on any atom is -0.448 e. The average molecular weight is 453 g/mol. The van der Waals surface area contributed by atoms with Gasteiger partial charge < -0.3 is 24.7 Å². The summed E-state index contributed by atoms with van der Waals surface area (Å²) in [6.45, 7) is -0.253. The lowest BCUT2D eigenvalue weighted by molar-refractivity contribution is -0.197. The second-order valence-electron chi connectivity index (χ2n) is 7.61. The number of ether oxygens (including phenoxy) is 2. The molecule has 3 N–H and O–H groups in total. The third kappa shape index (κ3) is 4.31. The number of nitrogens with one attached hydrogen (secondary N) is 1. The fourth-order valence-electron chi connectivity index (χ4n) is 3.66. The number of rotatable bonds is 5. The topological polar surface area (TPSA) is 113 Å². The van der Waals surface area contributed by atoms with Crippen molar-refractivity contribution >= 4 is 22.6 Å². The van der Waals surface area contributed by atoms with Crippen molar-refractivity contribution in [3.05, 3.63) is 59.9 Å². The summed E-state index contributed by atoms with van der Waals surface area (Å²) in [4.78, 5) is 16.7. The molecule has 0 bridgehead atoms. The second kappa shape index (κ2) is 8.84. The van der Waals surface area contributed by atoms with Gasteiger partial charge in [-0.15, -0.1) is 0 Å². The number of hydrogen-bond acceptors (Lipinski definition) is 7. The van der Waals surface area contributed by atoms with Gasteiger partial charge in [0.05, 0.1) is 29.4 Å². The first-order chi connectivity index (χ1) is 15.6. The van der Waals surface area contributed by atoms with Crippen LogP contribution in [0.3, 0.4) is 0 Å². The van der Waals surface area contributed by atoms with Gasteiger partial charge in [0.1, 0.15) is 11.9 Å². The average Bonchev–Trinajstić information content (AvgIpc) is 3.24. The molecule has 9 heteroatoms. The highest BCUT2D eigenvalue weighted by molar-refractivity contribution is 6.31. The van der Waals surface area contributed by atoms with Gasteiger partial charge in [0.25, 0.3) is 0 Å². The largest absolute Gasteiger partial charge is 0.448 e. The number of halogens is 1. The highest BCUT2D eigenvalue weighted by atomic mass is 35.5. The Labute approximate surface area is 188 Å². The van der Waals surface area contributed by atoms with Gasteiger partial charge in [0, 0.05) is 41.0 Å². The number of H-pyrrole nitrogens is 1. The van der Waals surface area contributed by atoms with Crippen molar-refractivity contribution in [2.75, 3.05) is 6.61 Å². The summed E-state index contributed by atoms with van der Waals surface area (Å²) in [5.74, 6) is 1.13. The Kier molecular flexibility index (Phi) is 5.75. The Hall–Kier alpha value is -3.04. The summed E-state index contributed by atoms with van der Waals surface area (Å²) < 4.78 is 11.3. The van der Waals surface area contributed by atoms with Crippen molar-refractivity contribution in [1.82, 2.24) is 19.9 Å². The van der Waals surface area contributed by atoms with E-state index in [1.165, 1.54) is 0 Å². The van der Waals surface area contributed by atoms with Crippen LogP contribution in [0.15, 0.2) is 54.9 Å². The van der Waals surface area contributed by atoms with Crippen LogP contribution in [0.25, 0.3) is 33.7 Å². The molecule has 4 aromatic rings. The van der Waals surface area contributed by atoms with E-state index in [0.717, 1.165) is 33.7 Å². The molecule has 1 aliphatic rings. The predicted molar refractivity (Wildman–Crippen MR) is 119 cm³/mol. The first-order valence-corrected chi connectivity index (χ1v) is 10.7. The van der Waals surface area contributed by atoms with Gasteiger partial charge in [0.15, 0.2) is 0 Å². The van der Waals surface area contributed by atoms with E-state index in [0.29, 0.717) is 23.7 Å². The van der Waals surface area contributed by atoms with E-state index in [9.17, 15) is 10.2 Å². The molecule has 0 saturated carbocycles. The normalized spacial score (nSPS) is 21.0. The minimum absolute atomic E-state index is 0.253. The van der Waals surface area contributed by atoms with E-state index in [-0.39, 0.29) is 6.61 Å². The summed E-state index contributed by atoms with van der Waals surface area (Å²) in [6, 6.07) is 13.0. The highest BCUT2D eigenvalue weighted by Gasteiger charge is 2.30. The fraction of sp³-hybridized carbons (Fsp3) is 0.261. The molecule has 5 rings (SSSR count). The number of aliphatic hydroxyl groups is 2. The summed E-state index contributed by atoms with van der Waals surface area (Å²) in [5.41, 5.74) is 4.19. The lowest BCUT2D eigenvalue weighted by Gasteiger charge is -2.32. The van der Waals surface area contributed by atoms with E-state index >= 15 is 0 Å². The molecular formula is C23H21ClN4O4. The van der Waals surface area contributed by atoms with E-state index in [1.54, 1.807) is 18.5 Å². The molecular weight excluding hydrogens is 432 g/mol. The molecule has 3 aromatic heterocycles. The predicted octanol–water partition coefficient (Wildman–Crippen LogP) is 3.58. The van der Waals surface area contributed by atoms with Crippen molar-refractivity contribution in [3.8, 4) is 28.5 Å². The smallest absolute Gasteiger partial charge is 0.215 e. The van der Waals surface area contributed by atoms with Crippen LogP contribution in [0.4, 0.5) is 0 Å². The van der Waals surface area contributed by atoms with Crippen molar-refractivity contribution in [2.45, 2.75) is 31.3 Å². The Morgan fingerprint density at radius 3 is 2.66 bits per heavy atom. The second-order valence-corrected chi connectivity index (χ2v) is 8.05. The molecule has 0 spiro atoms. The SMILES string of the molecule is OC[C@@H]1O[C@@H](Oc2ccc(-c3ccc(-c4nc5ccc(Cl)cc5[nH]4)cn3)cn2)CC[C@H]1O. The molecule has 0 radical (unpaired) electrons. The van der Waals surface area contributed by atoms with Crippen molar-refractivity contribution in [3.63, 3.8) is 0 Å². The highest BCUT2D eigenvalue weighted by Crippen LogP contribution is 2.26. The Bertz CT molecular complexity index is 1210. The van der Waals surface area contributed by atoms with Crippen molar-refractivity contribution in [2.24, 2.45) is 0 Å². The standard InChI is InChI=1S/C23H21ClN4O4/c24-15-3-5-17-18(9-15)28-23(27-17)14-1-4-16(25-11-14)13-2-7-21(26-10-13)32-22-8-6-19(30)20(12-29)31-22/h1-5,7,9-11,19-20,22,29-30H,6,8,12H2,(H,27,28)/t19-,20+,22+/m1/s1. The van der Waals surface area contributed by atoms with Gasteiger partial charge in [-0.3, -0.25) is 4.98 Å². The maximum Gasteiger partial charge on any atom is 0.215 e. The van der Waals surface area contributed by atoms with Gasteiger partial charge in [-0.05, 0) is 42.8 Å². The molecule has 1 fully saturated rings. The lowest BCUT2D eigenvalue weighted by atomic mass is 10.1. The van der Waals surface area contributed by atoms with E-state index in [1.807, 2.05) is 36.4 Å². The molecule has 3 atom stereocenters. The van der Waals surface area contributed by atoms with Crippen LogP contribution in [0.1, 0.15) is 12.8 Å². The third-order valence-corrected chi connectivity index (χ3v) is 5.63. The molecule has 4 heterocycles. The number of pyridine rings is 2. The lowest BCUT2D eigenvalue weighted by Crippen LogP contribution is -2.43. The number of aliphatic hydroxyl groups excluding tert-OH is 2. The van der Waals surface area contributed by atoms with Gasteiger partial charge in [-0.25, -0.2) is 9.97 Å². The monoisotopic (exact) mass is 452 g/mol. The number of imidazole rings is 1. The fourth-order valence-corrected chi connectivity index (χ4v) is 3.83. The number of hydrogen-bond donors (Lipinski definition) is 3. The van der Waals surface area contributed by atoms with Gasteiger partial charge in [0.2, 0.25) is 12.2 Å². The summed E-state index contributed by atoms with van der Waals surface area (Å²) in [6.07, 6.45) is 2.60. The molecule has 164 valence electrons. The van der Waals surface area contributed by atoms with Crippen LogP contribution in [0.2, 0.25) is 5.02 Å². The number of aromatic amines is 1. The first kappa shape index (κ1) is 20.8. The van der Waals surface area contributed by atoms with Crippen LogP contribution < -0.4 is 4.74 Å². The summed E-state index contributed by atoms with van der Waals surface area (Å²) in [7, 11) is 0. The summed E-state index contributed by atoms with van der Waals surface area (Å²) in [5, 5.41) is 19.7. The molecule has 1 aromatic carbocycles. The third-order valence-electron chi connectivity index (χ3n) is 5.40. The summed E-state index contributed by atoms with van der Waals surface area (Å²) >= 11 is 6.05. The van der Waals surface area contributed by atoms with E-state index < -0.39 is 18.5 Å². The zero-order valence-corrected chi connectivity index (χ0v) is 17.7. The molecule has 8 nitrogen and oxygen atoms in total. The van der Waals surface area contributed by atoms with E-state index in [4.69, 9.17) is 21.1 Å². The minimum atomic E-state index is -0.679. The van der Waals surface area contributed by atoms with Gasteiger partial charge in [-0.2, -0.15) is 0 Å². The Balaban J connectivity index is 1.28. The number of aromatic nitrogens is 4. The maximum atomic E-state index is 9.78. The number of nitrogens with zero attached hydrogens (tertiary/aromatic N) is 3. The van der Waals surface area contributed by atoms with Crippen LogP contribution >= 0.6 is 11.6 Å². The Morgan fingerprint density at radius 2 is 1.91 bits per heavy atom. The quantitative estimate of drug-likeness (QED) is 0.424. The molecule has 0 unspecified atom stereocenters. The van der Waals surface area contributed by atoms with Gasteiger partial charge in [-0.1, -0.05) is 11.6 Å². The van der Waals surface area contributed by atoms with E-state index in [2.05, 4.69) is 19.9 Å². The first-order valence-electron chi connectivity index (χ1n) is 10.3. The van der Waals surface area contributed by atoms with Crippen LogP contribution in [0, 0.1) is 0 Å². The van der Waals surface area contributed by atoms with Gasteiger partial charge >= 0.3 is 0 Å². The number of benzene rings is 1. The molecule has 0 aliphatic carbocycles. The van der Waals surface area contributed by atoms with Crippen LogP contribution in [-0.2, 0) is 4.74 Å².